The zero-order valence-electron chi connectivity index (χ0n) is 7.27. The minimum absolute atomic E-state index is 0.224. The predicted molar refractivity (Wildman–Crippen MR) is 55.6 cm³/mol. The zero-order chi connectivity index (χ0) is 10.4. The highest BCUT2D eigenvalue weighted by atomic mass is 32.2. The van der Waals surface area contributed by atoms with Gasteiger partial charge in [-0.25, -0.2) is 0 Å². The lowest BCUT2D eigenvalue weighted by molar-refractivity contribution is -0.133. The van der Waals surface area contributed by atoms with Crippen molar-refractivity contribution in [1.29, 1.82) is 0 Å². The third-order valence-electron chi connectivity index (χ3n) is 1.35. The first-order valence-corrected chi connectivity index (χ1v) is 4.87. The fourth-order valence-corrected chi connectivity index (χ4v) is 1.25. The monoisotopic (exact) mass is 211 g/mol. The summed E-state index contributed by atoms with van der Waals surface area (Å²) in [5, 5.41) is 10.5. The normalized spacial score (nSPS) is 9.43. The number of para-hydroxylation sites is 1. The van der Waals surface area contributed by atoms with Gasteiger partial charge in [-0.3, -0.25) is 9.59 Å². The molecule has 2 N–H and O–H groups in total. The van der Waals surface area contributed by atoms with E-state index < -0.39 is 5.97 Å². The van der Waals surface area contributed by atoms with Gasteiger partial charge in [0.15, 0.2) is 0 Å². The van der Waals surface area contributed by atoms with Crippen LogP contribution in [0.25, 0.3) is 0 Å². The quantitative estimate of drug-likeness (QED) is 0.802. The molecule has 0 atom stereocenters. The first-order valence-electron chi connectivity index (χ1n) is 3.89. The second kappa shape index (κ2) is 5.29. The van der Waals surface area contributed by atoms with Crippen LogP contribution >= 0.6 is 11.8 Å². The van der Waals surface area contributed by atoms with Crippen LogP contribution in [0.15, 0.2) is 30.3 Å². The molecular formula is C9H9NO3S. The van der Waals surface area contributed by atoms with E-state index in [0.717, 1.165) is 11.8 Å². The molecule has 0 heterocycles. The Kier molecular flexibility index (Phi) is 4.00. The zero-order valence-corrected chi connectivity index (χ0v) is 8.08. The molecule has 0 spiro atoms. The number of amides is 1. The molecule has 1 amide bonds. The van der Waals surface area contributed by atoms with Gasteiger partial charge in [-0.2, -0.15) is 0 Å². The topological polar surface area (TPSA) is 66.4 Å². The number of hydrogen-bond acceptors (Lipinski definition) is 3. The van der Waals surface area contributed by atoms with Crippen molar-refractivity contribution < 1.29 is 14.7 Å². The lowest BCUT2D eigenvalue weighted by atomic mass is 10.3. The van der Waals surface area contributed by atoms with Gasteiger partial charge in [0.2, 0.25) is 0 Å². The van der Waals surface area contributed by atoms with E-state index in [-0.39, 0.29) is 11.0 Å². The van der Waals surface area contributed by atoms with Crippen molar-refractivity contribution in [2.75, 3.05) is 11.1 Å². The fourth-order valence-electron chi connectivity index (χ4n) is 0.803. The van der Waals surface area contributed by atoms with Gasteiger partial charge in [0.1, 0.15) is 5.75 Å². The Labute approximate surface area is 85.3 Å². The number of aliphatic carboxylic acids is 1. The van der Waals surface area contributed by atoms with Crippen LogP contribution in [0, 0.1) is 0 Å². The van der Waals surface area contributed by atoms with Gasteiger partial charge < -0.3 is 10.4 Å². The number of rotatable bonds is 3. The maximum absolute atomic E-state index is 11.1. The summed E-state index contributed by atoms with van der Waals surface area (Å²) < 4.78 is 0. The third kappa shape index (κ3) is 3.95. The third-order valence-corrected chi connectivity index (χ3v) is 2.10. The van der Waals surface area contributed by atoms with Crippen LogP contribution < -0.4 is 5.32 Å². The second-order valence-electron chi connectivity index (χ2n) is 2.46. The molecule has 0 aromatic heterocycles. The molecule has 0 saturated carbocycles. The molecule has 0 saturated heterocycles. The summed E-state index contributed by atoms with van der Waals surface area (Å²) in [4.78, 5) is 21.3. The van der Waals surface area contributed by atoms with Crippen molar-refractivity contribution >= 4 is 28.7 Å². The first-order chi connectivity index (χ1) is 6.68. The highest BCUT2D eigenvalue weighted by molar-refractivity contribution is 8.14. The van der Waals surface area contributed by atoms with Gasteiger partial charge in [0.25, 0.3) is 5.24 Å². The number of carbonyl (C=O) groups excluding carboxylic acids is 1. The number of carboxylic acids is 1. The average Bonchev–Trinajstić information content (AvgIpc) is 2.16. The Morgan fingerprint density at radius 3 is 2.50 bits per heavy atom. The maximum atomic E-state index is 11.1. The summed E-state index contributed by atoms with van der Waals surface area (Å²) in [6.45, 7) is 0. The summed E-state index contributed by atoms with van der Waals surface area (Å²) in [5.74, 6) is -1.23. The lowest BCUT2D eigenvalue weighted by Gasteiger charge is -2.02. The largest absolute Gasteiger partial charge is 0.481 e. The van der Waals surface area contributed by atoms with E-state index in [1.807, 2.05) is 6.07 Å². The van der Waals surface area contributed by atoms with Crippen molar-refractivity contribution in [3.05, 3.63) is 30.3 Å². The second-order valence-corrected chi connectivity index (χ2v) is 3.41. The minimum Gasteiger partial charge on any atom is -0.481 e. The minimum atomic E-state index is -1.00. The molecule has 0 aliphatic rings. The molecule has 0 fully saturated rings. The highest BCUT2D eigenvalue weighted by Gasteiger charge is 2.05. The average molecular weight is 211 g/mol. The van der Waals surface area contributed by atoms with Crippen LogP contribution in [-0.2, 0) is 4.79 Å². The highest BCUT2D eigenvalue weighted by Crippen LogP contribution is 2.10. The number of carboxylic acid groups (broad SMARTS) is 1. The summed E-state index contributed by atoms with van der Waals surface area (Å²) in [7, 11) is 0. The molecule has 1 aromatic carbocycles. The molecule has 4 nitrogen and oxygen atoms in total. The van der Waals surface area contributed by atoms with Crippen LogP contribution in [0.4, 0.5) is 10.5 Å². The molecule has 0 aliphatic carbocycles. The number of anilines is 1. The van der Waals surface area contributed by atoms with Crippen molar-refractivity contribution in [1.82, 2.24) is 0 Å². The van der Waals surface area contributed by atoms with Crippen molar-refractivity contribution in [3.63, 3.8) is 0 Å². The summed E-state index contributed by atoms with van der Waals surface area (Å²) in [6.07, 6.45) is 0. The van der Waals surface area contributed by atoms with Gasteiger partial charge in [0.05, 0.1) is 0 Å². The number of nitrogens with one attached hydrogen (secondary N) is 1. The lowest BCUT2D eigenvalue weighted by Crippen LogP contribution is -2.08. The van der Waals surface area contributed by atoms with Gasteiger partial charge in [-0.05, 0) is 12.1 Å². The Morgan fingerprint density at radius 1 is 1.29 bits per heavy atom. The van der Waals surface area contributed by atoms with Crippen LogP contribution in [0.1, 0.15) is 0 Å². The van der Waals surface area contributed by atoms with Crippen LogP contribution in [0.5, 0.6) is 0 Å². The SMILES string of the molecule is O=C(O)CSC(=O)Nc1ccccc1. The fraction of sp³-hybridized carbons (Fsp3) is 0.111. The molecule has 5 heteroatoms. The van der Waals surface area contributed by atoms with E-state index in [2.05, 4.69) is 5.32 Å². The molecular weight excluding hydrogens is 202 g/mol. The molecule has 1 aromatic rings. The van der Waals surface area contributed by atoms with E-state index in [4.69, 9.17) is 5.11 Å². The molecule has 0 radical (unpaired) electrons. The molecule has 0 bridgehead atoms. The van der Waals surface area contributed by atoms with Crippen LogP contribution in [-0.4, -0.2) is 22.1 Å². The van der Waals surface area contributed by atoms with E-state index in [1.54, 1.807) is 24.3 Å². The molecule has 1 rings (SSSR count). The predicted octanol–water partition coefficient (Wildman–Crippen LogP) is 2.04. The summed E-state index contributed by atoms with van der Waals surface area (Å²) >= 11 is 0.730. The standard InChI is InChI=1S/C9H9NO3S/c11-8(12)6-14-9(13)10-7-4-2-1-3-5-7/h1-5H,6H2,(H,10,13)(H,11,12). The van der Waals surface area contributed by atoms with Crippen LogP contribution in [0.2, 0.25) is 0 Å². The number of thioether (sulfide) groups is 1. The smallest absolute Gasteiger partial charge is 0.314 e. The molecule has 0 aliphatic heterocycles. The van der Waals surface area contributed by atoms with E-state index in [1.165, 1.54) is 0 Å². The Morgan fingerprint density at radius 2 is 1.93 bits per heavy atom. The molecule has 14 heavy (non-hydrogen) atoms. The maximum Gasteiger partial charge on any atom is 0.314 e. The molecule has 0 unspecified atom stereocenters. The number of benzene rings is 1. The van der Waals surface area contributed by atoms with Crippen molar-refractivity contribution in [2.45, 2.75) is 0 Å². The Hall–Kier alpha value is -1.49. The summed E-state index contributed by atoms with van der Waals surface area (Å²) in [6, 6.07) is 8.88. The van der Waals surface area contributed by atoms with E-state index in [0.29, 0.717) is 5.69 Å². The number of carbonyl (C=O) groups is 2. The van der Waals surface area contributed by atoms with Gasteiger partial charge in [0, 0.05) is 5.69 Å². The Balaban J connectivity index is 2.38. The first kappa shape index (κ1) is 10.6. The van der Waals surface area contributed by atoms with Crippen molar-refractivity contribution in [3.8, 4) is 0 Å². The van der Waals surface area contributed by atoms with Crippen molar-refractivity contribution in [2.24, 2.45) is 0 Å². The summed E-state index contributed by atoms with van der Waals surface area (Å²) in [5.41, 5.74) is 0.662. The van der Waals surface area contributed by atoms with E-state index in [9.17, 15) is 9.59 Å². The van der Waals surface area contributed by atoms with E-state index >= 15 is 0 Å². The Bertz CT molecular complexity index is 326. The van der Waals surface area contributed by atoms with Gasteiger partial charge >= 0.3 is 5.97 Å². The molecule has 74 valence electrons. The van der Waals surface area contributed by atoms with Gasteiger partial charge in [-0.15, -0.1) is 0 Å². The van der Waals surface area contributed by atoms with Gasteiger partial charge in [-0.1, -0.05) is 30.0 Å². The van der Waals surface area contributed by atoms with Crippen LogP contribution in [0.3, 0.4) is 0 Å². The number of hydrogen-bond donors (Lipinski definition) is 2.